The van der Waals surface area contributed by atoms with Crippen LogP contribution in [0.15, 0.2) is 48.5 Å². The average Bonchev–Trinajstić information content (AvgIpc) is 2.72. The van der Waals surface area contributed by atoms with Gasteiger partial charge in [-0.3, -0.25) is 9.10 Å². The summed E-state index contributed by atoms with van der Waals surface area (Å²) in [4.78, 5) is 12.1. The third-order valence-corrected chi connectivity index (χ3v) is 5.67. The summed E-state index contributed by atoms with van der Waals surface area (Å²) >= 11 is 0. The van der Waals surface area contributed by atoms with Crippen molar-refractivity contribution in [3.63, 3.8) is 0 Å². The lowest BCUT2D eigenvalue weighted by Crippen LogP contribution is -2.32. The first kappa shape index (κ1) is 23.5. The minimum Gasteiger partial charge on any atom is -0.497 e. The number of nitrogens with one attached hydrogen (secondary N) is 1. The SMILES string of the molecule is CCOc1ccccc1N(CCCC(=O)NCCc1ccc(OC)cc1)S(C)(=O)=O. The molecule has 0 saturated carbocycles. The van der Waals surface area contributed by atoms with Crippen molar-refractivity contribution in [2.45, 2.75) is 26.2 Å². The molecule has 0 heterocycles. The molecule has 0 bridgehead atoms. The quantitative estimate of drug-likeness (QED) is 0.555. The molecule has 0 saturated heterocycles. The van der Waals surface area contributed by atoms with Crippen LogP contribution in [0.1, 0.15) is 25.3 Å². The fourth-order valence-corrected chi connectivity index (χ4v) is 3.98. The zero-order valence-corrected chi connectivity index (χ0v) is 18.6. The number of nitrogens with zero attached hydrogens (tertiary/aromatic N) is 1. The van der Waals surface area contributed by atoms with Gasteiger partial charge in [0.1, 0.15) is 11.5 Å². The monoisotopic (exact) mass is 434 g/mol. The Hall–Kier alpha value is -2.74. The van der Waals surface area contributed by atoms with Gasteiger partial charge in [-0.05, 0) is 49.6 Å². The molecule has 2 aromatic carbocycles. The van der Waals surface area contributed by atoms with E-state index in [9.17, 15) is 13.2 Å². The van der Waals surface area contributed by atoms with E-state index in [2.05, 4.69) is 5.32 Å². The number of para-hydroxylation sites is 2. The van der Waals surface area contributed by atoms with Crippen molar-refractivity contribution in [1.29, 1.82) is 0 Å². The first-order valence-electron chi connectivity index (χ1n) is 9.94. The Morgan fingerprint density at radius 1 is 1.10 bits per heavy atom. The minimum absolute atomic E-state index is 0.102. The van der Waals surface area contributed by atoms with Crippen molar-refractivity contribution in [2.75, 3.05) is 37.4 Å². The van der Waals surface area contributed by atoms with E-state index in [1.54, 1.807) is 31.4 Å². The Morgan fingerprint density at radius 2 is 1.80 bits per heavy atom. The molecule has 0 spiro atoms. The number of rotatable bonds is 12. The summed E-state index contributed by atoms with van der Waals surface area (Å²) in [6.45, 7) is 3.01. The number of sulfonamides is 1. The van der Waals surface area contributed by atoms with Gasteiger partial charge >= 0.3 is 0 Å². The smallest absolute Gasteiger partial charge is 0.232 e. The second kappa shape index (κ2) is 11.4. The summed E-state index contributed by atoms with van der Waals surface area (Å²) in [6.07, 6.45) is 2.52. The largest absolute Gasteiger partial charge is 0.497 e. The molecule has 0 fully saturated rings. The molecule has 0 radical (unpaired) electrons. The van der Waals surface area contributed by atoms with Crippen LogP contribution in [0.2, 0.25) is 0 Å². The van der Waals surface area contributed by atoms with Gasteiger partial charge in [-0.15, -0.1) is 0 Å². The Balaban J connectivity index is 1.85. The van der Waals surface area contributed by atoms with Crippen molar-refractivity contribution in [1.82, 2.24) is 5.32 Å². The average molecular weight is 435 g/mol. The summed E-state index contributed by atoms with van der Waals surface area (Å²) in [5, 5.41) is 2.88. The number of anilines is 1. The normalized spacial score (nSPS) is 11.0. The van der Waals surface area contributed by atoms with E-state index in [1.807, 2.05) is 31.2 Å². The number of methoxy groups -OCH3 is 1. The summed E-state index contributed by atoms with van der Waals surface area (Å²) in [5.74, 6) is 1.20. The van der Waals surface area contributed by atoms with Crippen LogP contribution < -0.4 is 19.1 Å². The van der Waals surface area contributed by atoms with Gasteiger partial charge < -0.3 is 14.8 Å². The van der Waals surface area contributed by atoms with E-state index in [1.165, 1.54) is 4.31 Å². The van der Waals surface area contributed by atoms with E-state index in [-0.39, 0.29) is 18.9 Å². The van der Waals surface area contributed by atoms with Crippen LogP contribution in [0.25, 0.3) is 0 Å². The van der Waals surface area contributed by atoms with E-state index >= 15 is 0 Å². The Morgan fingerprint density at radius 3 is 2.43 bits per heavy atom. The highest BCUT2D eigenvalue weighted by Gasteiger charge is 2.21. The van der Waals surface area contributed by atoms with E-state index in [0.717, 1.165) is 17.6 Å². The molecule has 1 amide bonds. The maximum absolute atomic E-state index is 12.3. The maximum Gasteiger partial charge on any atom is 0.232 e. The van der Waals surface area contributed by atoms with Crippen LogP contribution in [-0.4, -0.2) is 47.4 Å². The highest BCUT2D eigenvalue weighted by atomic mass is 32.2. The van der Waals surface area contributed by atoms with Crippen LogP contribution in [0.4, 0.5) is 5.69 Å². The van der Waals surface area contributed by atoms with Crippen LogP contribution >= 0.6 is 0 Å². The lowest BCUT2D eigenvalue weighted by Gasteiger charge is -2.24. The zero-order valence-electron chi connectivity index (χ0n) is 17.8. The van der Waals surface area contributed by atoms with Gasteiger partial charge in [-0.2, -0.15) is 0 Å². The van der Waals surface area contributed by atoms with Gasteiger partial charge in [0.25, 0.3) is 0 Å². The molecule has 0 aromatic heterocycles. The summed E-state index contributed by atoms with van der Waals surface area (Å²) in [7, 11) is -1.88. The molecule has 30 heavy (non-hydrogen) atoms. The molecule has 0 aliphatic carbocycles. The van der Waals surface area contributed by atoms with Crippen molar-refractivity contribution in [3.05, 3.63) is 54.1 Å². The van der Waals surface area contributed by atoms with Crippen LogP contribution in [0, 0.1) is 0 Å². The number of hydrogen-bond acceptors (Lipinski definition) is 5. The molecule has 164 valence electrons. The second-order valence-corrected chi connectivity index (χ2v) is 8.69. The fraction of sp³-hybridized carbons (Fsp3) is 0.409. The van der Waals surface area contributed by atoms with Crippen molar-refractivity contribution < 1.29 is 22.7 Å². The third kappa shape index (κ3) is 7.26. The first-order chi connectivity index (χ1) is 14.3. The topological polar surface area (TPSA) is 84.9 Å². The zero-order chi connectivity index (χ0) is 22.0. The van der Waals surface area contributed by atoms with Crippen molar-refractivity contribution in [2.24, 2.45) is 0 Å². The van der Waals surface area contributed by atoms with Gasteiger partial charge in [0, 0.05) is 19.5 Å². The Bertz CT molecular complexity index is 913. The molecular formula is C22H30N2O5S. The van der Waals surface area contributed by atoms with Gasteiger partial charge in [-0.1, -0.05) is 24.3 Å². The van der Waals surface area contributed by atoms with Gasteiger partial charge in [0.05, 0.1) is 25.7 Å². The van der Waals surface area contributed by atoms with Gasteiger partial charge in [0.2, 0.25) is 15.9 Å². The summed E-state index contributed by atoms with van der Waals surface area (Å²) in [5.41, 5.74) is 1.59. The van der Waals surface area contributed by atoms with Crippen LogP contribution in [0.5, 0.6) is 11.5 Å². The summed E-state index contributed by atoms with van der Waals surface area (Å²) in [6, 6.07) is 14.7. The lowest BCUT2D eigenvalue weighted by atomic mass is 10.1. The van der Waals surface area contributed by atoms with Crippen LogP contribution in [-0.2, 0) is 21.2 Å². The van der Waals surface area contributed by atoms with Crippen molar-refractivity contribution in [3.8, 4) is 11.5 Å². The molecule has 7 nitrogen and oxygen atoms in total. The highest BCUT2D eigenvalue weighted by Crippen LogP contribution is 2.30. The molecule has 8 heteroatoms. The van der Waals surface area contributed by atoms with E-state index < -0.39 is 10.0 Å². The number of ether oxygens (including phenoxy) is 2. The van der Waals surface area contributed by atoms with E-state index in [0.29, 0.717) is 37.4 Å². The van der Waals surface area contributed by atoms with Gasteiger partial charge in [-0.25, -0.2) is 8.42 Å². The molecule has 0 aliphatic heterocycles. The molecule has 0 aliphatic rings. The Labute approximate surface area is 179 Å². The minimum atomic E-state index is -3.50. The number of carbonyl (C=O) groups excluding carboxylic acids is 1. The van der Waals surface area contributed by atoms with Gasteiger partial charge in [0.15, 0.2) is 0 Å². The number of benzene rings is 2. The summed E-state index contributed by atoms with van der Waals surface area (Å²) < 4.78 is 36.6. The Kier molecular flexibility index (Phi) is 8.98. The predicted molar refractivity (Wildman–Crippen MR) is 119 cm³/mol. The molecule has 1 N–H and O–H groups in total. The van der Waals surface area contributed by atoms with E-state index in [4.69, 9.17) is 9.47 Å². The number of carbonyl (C=O) groups is 1. The number of hydrogen-bond donors (Lipinski definition) is 1. The predicted octanol–water partition coefficient (Wildman–Crippen LogP) is 3.00. The number of amides is 1. The second-order valence-electron chi connectivity index (χ2n) is 6.79. The fourth-order valence-electron chi connectivity index (χ4n) is 3.02. The van der Waals surface area contributed by atoms with Crippen molar-refractivity contribution >= 4 is 21.6 Å². The highest BCUT2D eigenvalue weighted by molar-refractivity contribution is 7.92. The third-order valence-electron chi connectivity index (χ3n) is 4.49. The molecule has 0 atom stereocenters. The molecule has 2 rings (SSSR count). The maximum atomic E-state index is 12.3. The molecular weight excluding hydrogens is 404 g/mol. The van der Waals surface area contributed by atoms with Crippen LogP contribution in [0.3, 0.4) is 0 Å². The molecule has 2 aromatic rings. The lowest BCUT2D eigenvalue weighted by molar-refractivity contribution is -0.121. The standard InChI is InChI=1S/C22H30N2O5S/c1-4-29-21-9-6-5-8-20(21)24(30(3,26)27)17-7-10-22(25)23-16-15-18-11-13-19(28-2)14-12-18/h5-6,8-9,11-14H,4,7,10,15-17H2,1-3H3,(H,23,25). The first-order valence-corrected chi connectivity index (χ1v) is 11.8. The molecule has 0 unspecified atom stereocenters.